The Hall–Kier alpha value is -2.86. The topological polar surface area (TPSA) is 65.1 Å². The van der Waals surface area contributed by atoms with Gasteiger partial charge in [0.2, 0.25) is 5.95 Å². The molecule has 1 spiro atoms. The number of hydrogen-bond acceptors (Lipinski definition) is 6. The first-order valence-corrected chi connectivity index (χ1v) is 12.8. The lowest BCUT2D eigenvalue weighted by Gasteiger charge is -2.30. The van der Waals surface area contributed by atoms with Gasteiger partial charge in [0.1, 0.15) is 5.82 Å². The monoisotopic (exact) mass is 456 g/mol. The van der Waals surface area contributed by atoms with Gasteiger partial charge in [-0.15, -0.1) is 0 Å². The minimum Gasteiger partial charge on any atom is -0.364 e. The van der Waals surface area contributed by atoms with Gasteiger partial charge in [-0.3, -0.25) is 0 Å². The van der Waals surface area contributed by atoms with E-state index in [2.05, 4.69) is 64.3 Å². The van der Waals surface area contributed by atoms with Gasteiger partial charge in [0.15, 0.2) is 0 Å². The van der Waals surface area contributed by atoms with Gasteiger partial charge < -0.3 is 20.9 Å². The van der Waals surface area contributed by atoms with Crippen LogP contribution in [-0.4, -0.2) is 42.7 Å². The van der Waals surface area contributed by atoms with Gasteiger partial charge in [0, 0.05) is 55.9 Å². The van der Waals surface area contributed by atoms with E-state index in [1.165, 1.54) is 48.9 Å². The van der Waals surface area contributed by atoms with Crippen molar-refractivity contribution in [3.63, 3.8) is 0 Å². The number of aromatic nitrogens is 2. The Labute approximate surface area is 202 Å². The number of benzene rings is 1. The van der Waals surface area contributed by atoms with E-state index in [1.807, 2.05) is 20.2 Å². The summed E-state index contributed by atoms with van der Waals surface area (Å²) in [4.78, 5) is 11.7. The predicted octanol–water partition coefficient (Wildman–Crippen LogP) is 4.74. The van der Waals surface area contributed by atoms with Crippen LogP contribution in [0, 0.1) is 11.3 Å². The first kappa shape index (κ1) is 21.7. The average Bonchev–Trinajstić information content (AvgIpc) is 3.35. The van der Waals surface area contributed by atoms with E-state index < -0.39 is 0 Å². The normalized spacial score (nSPS) is 29.7. The third kappa shape index (κ3) is 3.98. The van der Waals surface area contributed by atoms with Crippen LogP contribution in [-0.2, 0) is 0 Å². The van der Waals surface area contributed by atoms with E-state index in [9.17, 15) is 0 Å². The highest BCUT2D eigenvalue weighted by atomic mass is 15.2. The van der Waals surface area contributed by atoms with Gasteiger partial charge >= 0.3 is 0 Å². The standard InChI is InChI=1S/C28H36N6/c1-18-8-9-23-22(14-18)19(16-29-23)17-30-25-15-28(25)12-10-20(11-13-28)31-27-32-24-7-5-4-6-21(24)26(33-27)34(2)3/h4-9,16,20,22,25,29-30H,10-15,17H2,1-3H3,(H,31,32,33)/t20?,22?,25-,28?/m1/s1. The number of para-hydroxylation sites is 1. The van der Waals surface area contributed by atoms with Crippen LogP contribution in [0.5, 0.6) is 0 Å². The third-order valence-electron chi connectivity index (χ3n) is 8.38. The molecule has 4 aliphatic rings. The highest BCUT2D eigenvalue weighted by Crippen LogP contribution is 2.56. The van der Waals surface area contributed by atoms with Crippen molar-refractivity contribution < 1.29 is 0 Å². The van der Waals surface area contributed by atoms with Gasteiger partial charge in [-0.25, -0.2) is 4.98 Å². The fourth-order valence-electron chi connectivity index (χ4n) is 6.19. The number of allylic oxidation sites excluding steroid dienone is 4. The van der Waals surface area contributed by atoms with Crippen molar-refractivity contribution in [3.8, 4) is 0 Å². The Balaban J connectivity index is 1.03. The highest BCUT2D eigenvalue weighted by Gasteiger charge is 2.54. The lowest BCUT2D eigenvalue weighted by atomic mass is 9.82. The Morgan fingerprint density at radius 1 is 1.12 bits per heavy atom. The fourth-order valence-corrected chi connectivity index (χ4v) is 6.19. The summed E-state index contributed by atoms with van der Waals surface area (Å²) in [5.74, 6) is 2.29. The van der Waals surface area contributed by atoms with Crippen LogP contribution in [0.3, 0.4) is 0 Å². The minimum absolute atomic E-state index is 0.453. The lowest BCUT2D eigenvalue weighted by molar-refractivity contribution is 0.297. The smallest absolute Gasteiger partial charge is 0.225 e. The Kier molecular flexibility index (Phi) is 5.36. The van der Waals surface area contributed by atoms with Gasteiger partial charge in [0.05, 0.1) is 5.52 Å². The summed E-state index contributed by atoms with van der Waals surface area (Å²) < 4.78 is 0. The number of nitrogens with zero attached hydrogens (tertiary/aromatic N) is 3. The zero-order valence-electron chi connectivity index (χ0n) is 20.6. The zero-order chi connectivity index (χ0) is 23.3. The molecular weight excluding hydrogens is 420 g/mol. The molecule has 1 unspecified atom stereocenters. The second-order valence-electron chi connectivity index (χ2n) is 11.0. The molecule has 1 aromatic carbocycles. The molecule has 0 amide bonds. The molecule has 3 N–H and O–H groups in total. The largest absolute Gasteiger partial charge is 0.364 e. The zero-order valence-corrected chi connectivity index (χ0v) is 20.6. The Morgan fingerprint density at radius 3 is 2.76 bits per heavy atom. The Morgan fingerprint density at radius 2 is 1.94 bits per heavy atom. The summed E-state index contributed by atoms with van der Waals surface area (Å²) in [6.45, 7) is 3.25. The molecule has 1 aliphatic heterocycles. The van der Waals surface area contributed by atoms with Crippen molar-refractivity contribution in [2.75, 3.05) is 30.9 Å². The molecule has 2 fully saturated rings. The quantitative estimate of drug-likeness (QED) is 0.584. The molecule has 0 saturated heterocycles. The van der Waals surface area contributed by atoms with Crippen LogP contribution in [0.15, 0.2) is 59.5 Å². The summed E-state index contributed by atoms with van der Waals surface area (Å²) in [5.41, 5.74) is 5.87. The van der Waals surface area contributed by atoms with Crippen molar-refractivity contribution in [2.45, 2.75) is 57.5 Å². The molecule has 6 rings (SSSR count). The summed E-state index contributed by atoms with van der Waals surface area (Å²) in [5, 5.41) is 12.2. The molecule has 0 bridgehead atoms. The Bertz CT molecular complexity index is 1180. The highest BCUT2D eigenvalue weighted by molar-refractivity contribution is 5.90. The second-order valence-corrected chi connectivity index (χ2v) is 11.0. The number of hydrogen-bond donors (Lipinski definition) is 3. The van der Waals surface area contributed by atoms with Crippen molar-refractivity contribution in [1.29, 1.82) is 0 Å². The van der Waals surface area contributed by atoms with Gasteiger partial charge in [-0.2, -0.15) is 4.98 Å². The van der Waals surface area contributed by atoms with Crippen LogP contribution in [0.1, 0.15) is 45.4 Å². The second kappa shape index (κ2) is 8.42. The summed E-state index contributed by atoms with van der Waals surface area (Å²) in [6.07, 6.45) is 14.2. The van der Waals surface area contributed by atoms with E-state index in [4.69, 9.17) is 9.97 Å². The lowest BCUT2D eigenvalue weighted by Crippen LogP contribution is -2.33. The van der Waals surface area contributed by atoms with Crippen LogP contribution in [0.4, 0.5) is 11.8 Å². The maximum Gasteiger partial charge on any atom is 0.225 e. The van der Waals surface area contributed by atoms with Crippen LogP contribution >= 0.6 is 0 Å². The number of nitrogens with one attached hydrogen (secondary N) is 3. The first-order valence-electron chi connectivity index (χ1n) is 12.8. The molecule has 178 valence electrons. The van der Waals surface area contributed by atoms with Crippen molar-refractivity contribution in [1.82, 2.24) is 20.6 Å². The first-order chi connectivity index (χ1) is 16.5. The molecule has 6 nitrogen and oxygen atoms in total. The van der Waals surface area contributed by atoms with Crippen LogP contribution < -0.4 is 20.9 Å². The predicted molar refractivity (Wildman–Crippen MR) is 140 cm³/mol. The number of fused-ring (bicyclic) bond motifs is 2. The molecule has 2 saturated carbocycles. The molecule has 6 heteroatoms. The van der Waals surface area contributed by atoms with E-state index in [-0.39, 0.29) is 0 Å². The van der Waals surface area contributed by atoms with Gasteiger partial charge in [-0.1, -0.05) is 23.8 Å². The SMILES string of the molecule is CC1=CC=C2NC=C(CN[C@@H]3CC34CCC(Nc3nc(N(C)C)c5ccccc5n3)CC4)C2C1. The van der Waals surface area contributed by atoms with Crippen molar-refractivity contribution in [2.24, 2.45) is 11.3 Å². The van der Waals surface area contributed by atoms with Gasteiger partial charge in [-0.05, 0) is 74.6 Å². The molecule has 0 radical (unpaired) electrons. The third-order valence-corrected chi connectivity index (χ3v) is 8.38. The molecular formula is C28H36N6. The van der Waals surface area contributed by atoms with Crippen LogP contribution in [0.25, 0.3) is 10.9 Å². The molecule has 2 aromatic rings. The number of rotatable bonds is 6. The molecule has 2 atom stereocenters. The summed E-state index contributed by atoms with van der Waals surface area (Å²) in [6, 6.07) is 9.39. The van der Waals surface area contributed by atoms with Gasteiger partial charge in [0.25, 0.3) is 0 Å². The minimum atomic E-state index is 0.453. The van der Waals surface area contributed by atoms with Crippen molar-refractivity contribution >= 4 is 22.7 Å². The molecule has 34 heavy (non-hydrogen) atoms. The van der Waals surface area contributed by atoms with E-state index in [0.717, 1.165) is 35.6 Å². The summed E-state index contributed by atoms with van der Waals surface area (Å²) >= 11 is 0. The van der Waals surface area contributed by atoms with E-state index in [0.29, 0.717) is 23.4 Å². The average molecular weight is 457 g/mol. The number of anilines is 2. The molecule has 1 aromatic heterocycles. The summed E-state index contributed by atoms with van der Waals surface area (Å²) in [7, 11) is 4.09. The fraction of sp³-hybridized carbons (Fsp3) is 0.500. The van der Waals surface area contributed by atoms with Crippen molar-refractivity contribution in [3.05, 3.63) is 59.5 Å². The molecule has 3 aliphatic carbocycles. The van der Waals surface area contributed by atoms with Crippen LogP contribution in [0.2, 0.25) is 0 Å². The van der Waals surface area contributed by atoms with E-state index in [1.54, 1.807) is 0 Å². The molecule has 2 heterocycles. The van der Waals surface area contributed by atoms with E-state index >= 15 is 0 Å². The maximum absolute atomic E-state index is 4.84. The maximum atomic E-state index is 4.84.